The molecule has 206 valence electrons. The number of nitrogens with one attached hydrogen (secondary N) is 2. The second-order valence-electron chi connectivity index (χ2n) is 9.12. The van der Waals surface area contributed by atoms with Gasteiger partial charge in [-0.2, -0.15) is 13.2 Å². The smallest absolute Gasteiger partial charge is 0.422 e. The van der Waals surface area contributed by atoms with Gasteiger partial charge in [0.05, 0.1) is 11.7 Å². The molecule has 1 aliphatic rings. The summed E-state index contributed by atoms with van der Waals surface area (Å²) < 4.78 is 70.5. The van der Waals surface area contributed by atoms with Crippen molar-refractivity contribution < 1.29 is 36.3 Å². The molecule has 0 bridgehead atoms. The van der Waals surface area contributed by atoms with Crippen LogP contribution in [0.2, 0.25) is 0 Å². The lowest BCUT2D eigenvalue weighted by atomic mass is 9.73. The van der Waals surface area contributed by atoms with Crippen molar-refractivity contribution in [2.45, 2.75) is 44.2 Å². The first-order valence-corrected chi connectivity index (χ1v) is 12.1. The van der Waals surface area contributed by atoms with Crippen molar-refractivity contribution in [3.05, 3.63) is 52.9 Å². The average Bonchev–Trinajstić information content (AvgIpc) is 2.82. The van der Waals surface area contributed by atoms with E-state index in [9.17, 15) is 27.2 Å². The summed E-state index contributed by atoms with van der Waals surface area (Å²) in [7, 11) is 1.45. The molecule has 0 spiro atoms. The fourth-order valence-corrected chi connectivity index (χ4v) is 5.50. The molecule has 0 fully saturated rings. The number of aromatic nitrogens is 1. The van der Waals surface area contributed by atoms with Gasteiger partial charge in [-0.25, -0.2) is 13.8 Å². The summed E-state index contributed by atoms with van der Waals surface area (Å²) in [4.78, 5) is 33.8. The number of thioether (sulfide) groups is 1. The summed E-state index contributed by atoms with van der Waals surface area (Å²) in [5.74, 6) is -4.58. The predicted molar refractivity (Wildman–Crippen MR) is 133 cm³/mol. The number of nitrogens with two attached hydrogens (primary N) is 1. The normalized spacial score (nSPS) is 23.4. The monoisotopic (exact) mass is 559 g/mol. The number of pyridine rings is 1. The van der Waals surface area contributed by atoms with Crippen LogP contribution in [0.25, 0.3) is 0 Å². The van der Waals surface area contributed by atoms with Gasteiger partial charge in [-0.3, -0.25) is 14.6 Å². The topological polar surface area (TPSA) is 119 Å². The number of rotatable bonds is 6. The third kappa shape index (κ3) is 5.69. The van der Waals surface area contributed by atoms with Gasteiger partial charge in [0.1, 0.15) is 16.2 Å². The van der Waals surface area contributed by atoms with Crippen molar-refractivity contribution >= 4 is 34.4 Å². The van der Waals surface area contributed by atoms with Crippen LogP contribution >= 0.6 is 11.8 Å². The molecule has 3 atom stereocenters. The van der Waals surface area contributed by atoms with Gasteiger partial charge in [-0.05, 0) is 38.5 Å². The minimum absolute atomic E-state index is 0.00129. The SMILES string of the molecule is CNC(=O)[C@@]1(C)SC(N)=N[C@](C)(c2cc(NC(=O)c3ncc(OCC(F)(F)F)cc3C)cc(F)c2F)C1C. The Morgan fingerprint density at radius 1 is 1.21 bits per heavy atom. The van der Waals surface area contributed by atoms with Gasteiger partial charge in [0.15, 0.2) is 23.4 Å². The molecule has 1 aromatic carbocycles. The number of carbonyl (C=O) groups excluding carboxylic acids is 2. The molecule has 0 aliphatic carbocycles. The molecule has 38 heavy (non-hydrogen) atoms. The van der Waals surface area contributed by atoms with Crippen LogP contribution in [-0.2, 0) is 10.3 Å². The van der Waals surface area contributed by atoms with E-state index < -0.39 is 46.5 Å². The maximum absolute atomic E-state index is 15.2. The minimum atomic E-state index is -4.55. The highest BCUT2D eigenvalue weighted by Crippen LogP contribution is 2.50. The lowest BCUT2D eigenvalue weighted by Gasteiger charge is -2.46. The van der Waals surface area contributed by atoms with E-state index in [1.54, 1.807) is 13.8 Å². The van der Waals surface area contributed by atoms with Crippen LogP contribution in [0.5, 0.6) is 5.75 Å². The van der Waals surface area contributed by atoms with Gasteiger partial charge in [-0.1, -0.05) is 18.7 Å². The molecule has 14 heteroatoms. The number of amides is 2. The van der Waals surface area contributed by atoms with Crippen LogP contribution in [0.3, 0.4) is 0 Å². The highest BCUT2D eigenvalue weighted by Gasteiger charge is 2.54. The molecule has 2 heterocycles. The van der Waals surface area contributed by atoms with Gasteiger partial charge in [0.25, 0.3) is 5.91 Å². The van der Waals surface area contributed by atoms with E-state index in [1.807, 2.05) is 0 Å². The standard InChI is InChI=1S/C24H26F5N5O3S/c1-11-6-14(37-10-24(27,28)29)9-32-18(11)19(35)33-13-7-15(17(26)16(25)8-13)22(3)12(2)23(4,20(36)31-5)38-21(30)34-22/h6-9,12H,10H2,1-5H3,(H2,30,34)(H,31,36)(H,33,35)/t12?,22-,23-/m0/s1. The zero-order valence-electron chi connectivity index (χ0n) is 21.1. The third-order valence-corrected chi connectivity index (χ3v) is 7.77. The Balaban J connectivity index is 1.95. The molecule has 1 aliphatic heterocycles. The van der Waals surface area contributed by atoms with Crippen molar-refractivity contribution in [2.24, 2.45) is 16.6 Å². The number of nitrogens with zero attached hydrogens (tertiary/aromatic N) is 2. The lowest BCUT2D eigenvalue weighted by molar-refractivity contribution is -0.153. The number of aryl methyl sites for hydroxylation is 1. The first kappa shape index (κ1) is 29.1. The van der Waals surface area contributed by atoms with Crippen molar-refractivity contribution in [3.8, 4) is 5.75 Å². The highest BCUT2D eigenvalue weighted by atomic mass is 32.2. The zero-order valence-corrected chi connectivity index (χ0v) is 21.9. The summed E-state index contributed by atoms with van der Waals surface area (Å²) >= 11 is 1.00. The molecule has 2 aromatic rings. The fraction of sp³-hybridized carbons (Fsp3) is 0.417. The Morgan fingerprint density at radius 3 is 2.45 bits per heavy atom. The van der Waals surface area contributed by atoms with Crippen molar-refractivity contribution in [1.82, 2.24) is 10.3 Å². The van der Waals surface area contributed by atoms with Crippen LogP contribution in [0.15, 0.2) is 29.4 Å². The summed E-state index contributed by atoms with van der Waals surface area (Å²) in [6.07, 6.45) is -3.60. The quantitative estimate of drug-likeness (QED) is 0.455. The largest absolute Gasteiger partial charge is 0.482 e. The second kappa shape index (κ2) is 10.4. The van der Waals surface area contributed by atoms with E-state index in [4.69, 9.17) is 5.73 Å². The second-order valence-corrected chi connectivity index (χ2v) is 10.6. The number of carbonyl (C=O) groups is 2. The predicted octanol–water partition coefficient (Wildman–Crippen LogP) is 4.28. The number of hydrogen-bond acceptors (Lipinski definition) is 7. The number of hydrogen-bond donors (Lipinski definition) is 3. The van der Waals surface area contributed by atoms with Crippen LogP contribution in [0.1, 0.15) is 42.4 Å². The maximum atomic E-state index is 15.2. The minimum Gasteiger partial charge on any atom is -0.482 e. The van der Waals surface area contributed by atoms with Gasteiger partial charge in [-0.15, -0.1) is 0 Å². The molecular formula is C24H26F5N5O3S. The first-order valence-electron chi connectivity index (χ1n) is 11.3. The first-order chi connectivity index (χ1) is 17.5. The number of amidine groups is 1. The van der Waals surface area contributed by atoms with Crippen molar-refractivity contribution in [2.75, 3.05) is 19.0 Å². The number of alkyl halides is 3. The fourth-order valence-electron chi connectivity index (χ4n) is 4.23. The number of halogens is 5. The zero-order chi connectivity index (χ0) is 28.6. The Hall–Kier alpha value is -3.42. The van der Waals surface area contributed by atoms with Crippen LogP contribution in [-0.4, -0.2) is 46.5 Å². The van der Waals surface area contributed by atoms with Gasteiger partial charge < -0.3 is 21.1 Å². The molecule has 0 radical (unpaired) electrons. The van der Waals surface area contributed by atoms with Crippen molar-refractivity contribution in [3.63, 3.8) is 0 Å². The van der Waals surface area contributed by atoms with E-state index in [-0.39, 0.29) is 39.3 Å². The van der Waals surface area contributed by atoms with E-state index >= 15 is 4.39 Å². The number of anilines is 1. The van der Waals surface area contributed by atoms with Crippen LogP contribution in [0.4, 0.5) is 27.6 Å². The maximum Gasteiger partial charge on any atom is 0.422 e. The number of aliphatic imine (C=N–C) groups is 1. The number of ether oxygens (including phenoxy) is 1. The highest BCUT2D eigenvalue weighted by molar-refractivity contribution is 8.15. The summed E-state index contributed by atoms with van der Waals surface area (Å²) in [6, 6.07) is 3.16. The lowest BCUT2D eigenvalue weighted by Crippen LogP contribution is -2.55. The van der Waals surface area contributed by atoms with Gasteiger partial charge in [0.2, 0.25) is 5.91 Å². The van der Waals surface area contributed by atoms with E-state index in [1.165, 1.54) is 33.0 Å². The summed E-state index contributed by atoms with van der Waals surface area (Å²) in [5, 5.41) is 4.98. The molecule has 1 unspecified atom stereocenters. The Kier molecular flexibility index (Phi) is 7.97. The molecule has 2 amide bonds. The van der Waals surface area contributed by atoms with Gasteiger partial charge >= 0.3 is 6.18 Å². The molecule has 3 rings (SSSR count). The Labute approximate surface area is 219 Å². The molecule has 4 N–H and O–H groups in total. The van der Waals surface area contributed by atoms with E-state index in [0.29, 0.717) is 0 Å². The molecular weight excluding hydrogens is 533 g/mol. The number of benzene rings is 1. The molecule has 8 nitrogen and oxygen atoms in total. The molecule has 0 saturated carbocycles. The van der Waals surface area contributed by atoms with E-state index in [2.05, 4.69) is 25.3 Å². The van der Waals surface area contributed by atoms with Crippen LogP contribution < -0.4 is 21.1 Å². The third-order valence-electron chi connectivity index (χ3n) is 6.51. The van der Waals surface area contributed by atoms with Crippen LogP contribution in [0, 0.1) is 24.5 Å². The van der Waals surface area contributed by atoms with Gasteiger partial charge in [0, 0.05) is 30.3 Å². The molecule has 1 aromatic heterocycles. The average molecular weight is 560 g/mol. The Bertz CT molecular complexity index is 1300. The molecule has 0 saturated heterocycles. The van der Waals surface area contributed by atoms with E-state index in [0.717, 1.165) is 24.0 Å². The summed E-state index contributed by atoms with van der Waals surface area (Å²) in [6.45, 7) is 4.70. The van der Waals surface area contributed by atoms with Crippen molar-refractivity contribution in [1.29, 1.82) is 0 Å². The Morgan fingerprint density at radius 2 is 1.87 bits per heavy atom. The summed E-state index contributed by atoms with van der Waals surface area (Å²) in [5.41, 5.74) is 4.16.